The molecule has 0 saturated heterocycles. The Hall–Kier alpha value is 2.75. The molecule has 66 valence electrons. The summed E-state index contributed by atoms with van der Waals surface area (Å²) >= 11 is -3.29. The van der Waals surface area contributed by atoms with E-state index in [9.17, 15) is 0 Å². The van der Waals surface area contributed by atoms with Crippen LogP contribution in [0.5, 0.6) is 0 Å². The molecule has 0 spiro atoms. The van der Waals surface area contributed by atoms with Crippen molar-refractivity contribution in [2.45, 2.75) is 0 Å². The second kappa shape index (κ2) is 8.09. The Labute approximate surface area is 103 Å². The molecule has 0 bridgehead atoms. The van der Waals surface area contributed by atoms with E-state index in [0.717, 1.165) is 0 Å². The average Bonchev–Trinajstić information content (AvgIpc) is 1.12. The van der Waals surface area contributed by atoms with Gasteiger partial charge in [-0.25, -0.2) is 0 Å². The molecule has 0 rings (SSSR count). The Kier molecular flexibility index (Phi) is 14.2. The van der Waals surface area contributed by atoms with Gasteiger partial charge in [-0.3, -0.25) is 8.42 Å². The zero-order chi connectivity index (χ0) is 9.00. The van der Waals surface area contributed by atoms with Crippen LogP contribution >= 0.6 is 35.7 Å². The van der Waals surface area contributed by atoms with E-state index in [2.05, 4.69) is 0 Å². The Balaban J connectivity index is -0.000000107. The molecule has 0 saturated carbocycles. The number of hydrogen-bond acceptors (Lipinski definition) is 4. The van der Waals surface area contributed by atoms with Gasteiger partial charge >= 0.3 is 76.9 Å². The Bertz CT molecular complexity index is 157. The van der Waals surface area contributed by atoms with Gasteiger partial charge in [0, 0.05) is 10.4 Å². The van der Waals surface area contributed by atoms with Crippen LogP contribution in [-0.2, 0) is 10.4 Å². The normalized spacial score (nSPS) is 10.7. The topological polar surface area (TPSA) is 80.3 Å². The van der Waals surface area contributed by atoms with E-state index in [-0.39, 0.29) is 27.3 Å². The second-order valence-electron chi connectivity index (χ2n) is 0.837. The molecule has 0 aromatic heterocycles. The summed E-state index contributed by atoms with van der Waals surface area (Å²) in [5.74, 6) is 0. The predicted molar refractivity (Wildman–Crippen MR) is 45.4 cm³/mol. The molecule has 2 radical (unpaired) electrons. The molecule has 0 heterocycles. The first-order valence-corrected chi connectivity index (χ1v) is 17.2. The molecule has 0 N–H and O–H groups in total. The van der Waals surface area contributed by atoms with Crippen LogP contribution in [-0.4, -0.2) is 58.7 Å². The molecule has 0 unspecified atom stereocenters. The van der Waals surface area contributed by atoms with E-state index in [4.69, 9.17) is 53.2 Å². The van der Waals surface area contributed by atoms with Crippen molar-refractivity contribution in [2.24, 2.45) is 0 Å². The molecule has 0 aliphatic rings. The van der Waals surface area contributed by atoms with Gasteiger partial charge in [-0.05, 0) is 0 Å². The first-order chi connectivity index (χ1) is 4.00. The van der Waals surface area contributed by atoms with Gasteiger partial charge in [0.2, 0.25) is 0 Å². The van der Waals surface area contributed by atoms with Gasteiger partial charge in [-0.15, -0.1) is 0 Å². The maximum atomic E-state index is 8.52. The zero-order valence-electron chi connectivity index (χ0n) is 4.55. The summed E-state index contributed by atoms with van der Waals surface area (Å²) in [4.78, 5) is 0. The Morgan fingerprint density at radius 3 is 1.00 bits per heavy atom. The van der Waals surface area contributed by atoms with Gasteiger partial charge < -0.3 is 9.11 Å². The molecule has 0 aliphatic carbocycles. The molecule has 0 amide bonds. The van der Waals surface area contributed by atoms with E-state index in [1.54, 1.807) is 0 Å². The minimum Gasteiger partial charge on any atom is 2.00 e. The van der Waals surface area contributed by atoms with Gasteiger partial charge in [0.05, 0.1) is 0 Å². The summed E-state index contributed by atoms with van der Waals surface area (Å²) in [5, 5.41) is 0. The second-order valence-corrected chi connectivity index (χ2v) is 27.1. The summed E-state index contributed by atoms with van der Waals surface area (Å²) in [5.41, 5.74) is 0. The van der Waals surface area contributed by atoms with Gasteiger partial charge in [-0.1, -0.05) is 0 Å². The fourth-order valence-corrected chi connectivity index (χ4v) is 0. The maximum absolute atomic E-state index is 8.52. The van der Waals surface area contributed by atoms with Crippen molar-refractivity contribution in [1.82, 2.24) is 0 Å². The first kappa shape index (κ1) is 19.3. The molecule has 11 heavy (non-hydrogen) atoms. The fourth-order valence-electron chi connectivity index (χ4n) is 0. The van der Waals surface area contributed by atoms with Gasteiger partial charge in [0.25, 0.3) is 0 Å². The van der Waals surface area contributed by atoms with Crippen molar-refractivity contribution < 1.29 is 17.5 Å². The van der Waals surface area contributed by atoms with Crippen LogP contribution in [0.25, 0.3) is 0 Å². The van der Waals surface area contributed by atoms with E-state index < -0.39 is 24.3 Å². The average molecular weight is 564 g/mol. The minimum absolute atomic E-state index is 0. The minimum atomic E-state index is -5.17. The number of rotatable bonds is 0. The molecule has 0 aromatic carbocycles. The van der Waals surface area contributed by atoms with E-state index in [1.807, 2.05) is 0 Å². The van der Waals surface area contributed by atoms with Crippen molar-refractivity contribution in [2.75, 3.05) is 0 Å². The fraction of sp³-hybridized carbons (Fsp3) is 0. The Morgan fingerprint density at radius 1 is 1.00 bits per heavy atom. The van der Waals surface area contributed by atoms with Crippen molar-refractivity contribution >= 4 is 87.3 Å². The van der Waals surface area contributed by atoms with Crippen LogP contribution < -0.4 is 0 Å². The standard InChI is InChI=1S/4ClH.H2O4S.Pb.Sn/c;;;;1-5(2,3)4;;/h4*1H;(H2,1,2,3,4);;/q;;;;;+2;+4/p-6. The van der Waals surface area contributed by atoms with Crippen LogP contribution in [0.1, 0.15) is 0 Å². The summed E-state index contributed by atoms with van der Waals surface area (Å²) in [6.07, 6.45) is 0. The molecular formula is Cl4O4PbSSn. The van der Waals surface area contributed by atoms with Crippen LogP contribution in [0.4, 0.5) is 0 Å². The molecule has 0 aromatic rings. The largest absolute Gasteiger partial charge is 2.00 e. The zero-order valence-corrected chi connectivity index (χ0v) is 15.1. The summed E-state index contributed by atoms with van der Waals surface area (Å²) in [6, 6.07) is 0. The molecule has 0 fully saturated rings. The molecule has 4 nitrogen and oxygen atoms in total. The third-order valence-corrected chi connectivity index (χ3v) is 0. The molecular weight excluding hydrogens is 564 g/mol. The van der Waals surface area contributed by atoms with Gasteiger partial charge in [-0.2, -0.15) is 0 Å². The third kappa shape index (κ3) is 195. The van der Waals surface area contributed by atoms with E-state index in [0.29, 0.717) is 0 Å². The summed E-state index contributed by atoms with van der Waals surface area (Å²) < 4.78 is 34.1. The molecule has 11 heteroatoms. The number of hydrogen-bond donors (Lipinski definition) is 0. The van der Waals surface area contributed by atoms with Crippen molar-refractivity contribution in [3.05, 3.63) is 0 Å². The van der Waals surface area contributed by atoms with Crippen molar-refractivity contribution in [1.29, 1.82) is 0 Å². The third-order valence-electron chi connectivity index (χ3n) is 0. The van der Waals surface area contributed by atoms with Crippen LogP contribution in [0, 0.1) is 0 Å². The Morgan fingerprint density at radius 2 is 1.00 bits per heavy atom. The van der Waals surface area contributed by atoms with E-state index >= 15 is 0 Å². The SMILES string of the molecule is O=S(=O)([O-])[O-].[Cl][Sn]([Cl])([Cl])[Cl].[Pb+2]. The van der Waals surface area contributed by atoms with Crippen LogP contribution in [0.15, 0.2) is 0 Å². The van der Waals surface area contributed by atoms with Gasteiger partial charge in [0.15, 0.2) is 0 Å². The monoisotopic (exact) mass is 564 g/mol. The maximum Gasteiger partial charge on any atom is 2.00 e. The summed E-state index contributed by atoms with van der Waals surface area (Å²) in [7, 11) is 15.0. The van der Waals surface area contributed by atoms with Gasteiger partial charge in [0.1, 0.15) is 0 Å². The van der Waals surface area contributed by atoms with Crippen molar-refractivity contribution in [3.63, 3.8) is 0 Å². The predicted octanol–water partition coefficient (Wildman–Crippen LogP) is 0.658. The van der Waals surface area contributed by atoms with Crippen LogP contribution in [0.2, 0.25) is 0 Å². The first-order valence-electron chi connectivity index (χ1n) is 1.42. The van der Waals surface area contributed by atoms with E-state index in [1.165, 1.54) is 0 Å². The van der Waals surface area contributed by atoms with Crippen LogP contribution in [0.3, 0.4) is 0 Å². The smallest absolute Gasteiger partial charge is 2.00 e. The molecule has 0 atom stereocenters. The summed E-state index contributed by atoms with van der Waals surface area (Å²) in [6.45, 7) is 0. The van der Waals surface area contributed by atoms with Crippen molar-refractivity contribution in [3.8, 4) is 0 Å². The quantitative estimate of drug-likeness (QED) is 0.247. The molecule has 0 aliphatic heterocycles. The number of halogens is 4.